The molecule has 0 saturated carbocycles. The smallest absolute Gasteiger partial charge is 0.262 e. The summed E-state index contributed by atoms with van der Waals surface area (Å²) in [5, 5.41) is 4.74. The minimum atomic E-state index is -0.395. The topological polar surface area (TPSA) is 38.3 Å². The summed E-state index contributed by atoms with van der Waals surface area (Å²) in [6.07, 6.45) is 0. The van der Waals surface area contributed by atoms with E-state index in [1.54, 1.807) is 6.07 Å². The third-order valence-electron chi connectivity index (χ3n) is 3.20. The second-order valence-electron chi connectivity index (χ2n) is 4.86. The normalized spacial score (nSPS) is 10.4. The van der Waals surface area contributed by atoms with Gasteiger partial charge in [0.1, 0.15) is 11.6 Å². The van der Waals surface area contributed by atoms with Crippen LogP contribution in [0.15, 0.2) is 66.7 Å². The van der Waals surface area contributed by atoms with Crippen molar-refractivity contribution in [3.8, 4) is 5.75 Å². The first-order valence-corrected chi connectivity index (χ1v) is 6.88. The van der Waals surface area contributed by atoms with Crippen LogP contribution in [0.2, 0.25) is 0 Å². The molecule has 3 rings (SSSR count). The lowest BCUT2D eigenvalue weighted by Gasteiger charge is -2.08. The number of nitrogens with one attached hydrogen (secondary N) is 1. The lowest BCUT2D eigenvalue weighted by atomic mass is 10.1. The lowest BCUT2D eigenvalue weighted by molar-refractivity contribution is -0.118. The molecule has 1 N–H and O–H groups in total. The summed E-state index contributed by atoms with van der Waals surface area (Å²) in [4.78, 5) is 11.8. The van der Waals surface area contributed by atoms with Gasteiger partial charge >= 0.3 is 0 Å². The van der Waals surface area contributed by atoms with Crippen LogP contribution in [0.4, 0.5) is 10.1 Å². The van der Waals surface area contributed by atoms with E-state index in [-0.39, 0.29) is 12.5 Å². The molecule has 0 spiro atoms. The largest absolute Gasteiger partial charge is 0.484 e. The van der Waals surface area contributed by atoms with E-state index in [1.165, 1.54) is 18.2 Å². The van der Waals surface area contributed by atoms with Crippen LogP contribution in [-0.2, 0) is 4.79 Å². The fraction of sp³-hybridized carbons (Fsp3) is 0.0556. The van der Waals surface area contributed by atoms with E-state index in [0.717, 1.165) is 10.8 Å². The van der Waals surface area contributed by atoms with Crippen LogP contribution < -0.4 is 10.1 Å². The molecule has 0 unspecified atom stereocenters. The Morgan fingerprint density at radius 3 is 2.59 bits per heavy atom. The molecule has 1 amide bonds. The molecule has 0 aliphatic heterocycles. The third kappa shape index (κ3) is 3.41. The summed E-state index contributed by atoms with van der Waals surface area (Å²) >= 11 is 0. The van der Waals surface area contributed by atoms with Gasteiger partial charge in [0, 0.05) is 5.69 Å². The summed E-state index contributed by atoms with van der Waals surface area (Å²) in [5.41, 5.74) is 0.409. The summed E-state index contributed by atoms with van der Waals surface area (Å²) in [7, 11) is 0. The number of fused-ring (bicyclic) bond motifs is 1. The molecule has 0 saturated heterocycles. The molecule has 0 radical (unpaired) electrons. The van der Waals surface area contributed by atoms with Crippen LogP contribution in [0.25, 0.3) is 10.8 Å². The predicted octanol–water partition coefficient (Wildman–Crippen LogP) is 4.00. The van der Waals surface area contributed by atoms with Crippen LogP contribution >= 0.6 is 0 Å². The molecule has 22 heavy (non-hydrogen) atoms. The highest BCUT2D eigenvalue weighted by Gasteiger charge is 2.05. The van der Waals surface area contributed by atoms with Gasteiger partial charge in [0.15, 0.2) is 6.61 Å². The van der Waals surface area contributed by atoms with Gasteiger partial charge in [-0.05, 0) is 41.1 Å². The number of carbonyl (C=O) groups is 1. The van der Waals surface area contributed by atoms with E-state index in [0.29, 0.717) is 11.4 Å². The van der Waals surface area contributed by atoms with Crippen LogP contribution in [0.5, 0.6) is 5.75 Å². The van der Waals surface area contributed by atoms with Crippen molar-refractivity contribution < 1.29 is 13.9 Å². The monoisotopic (exact) mass is 295 g/mol. The molecule has 3 aromatic carbocycles. The van der Waals surface area contributed by atoms with E-state index in [9.17, 15) is 9.18 Å². The molecule has 0 aromatic heterocycles. The first-order chi connectivity index (χ1) is 10.7. The fourth-order valence-corrected chi connectivity index (χ4v) is 2.17. The minimum absolute atomic E-state index is 0.130. The molecule has 0 aliphatic carbocycles. The molecule has 0 fully saturated rings. The molecular weight excluding hydrogens is 281 g/mol. The molecule has 110 valence electrons. The first-order valence-electron chi connectivity index (χ1n) is 6.88. The average Bonchev–Trinajstić information content (AvgIpc) is 2.53. The second-order valence-corrected chi connectivity index (χ2v) is 4.86. The van der Waals surface area contributed by atoms with Gasteiger partial charge in [-0.3, -0.25) is 4.79 Å². The van der Waals surface area contributed by atoms with Crippen molar-refractivity contribution in [2.75, 3.05) is 11.9 Å². The van der Waals surface area contributed by atoms with Crippen molar-refractivity contribution in [1.29, 1.82) is 0 Å². The molecule has 3 aromatic rings. The maximum Gasteiger partial charge on any atom is 0.262 e. The molecular formula is C18H14FNO2. The third-order valence-corrected chi connectivity index (χ3v) is 3.20. The Kier molecular flexibility index (Phi) is 4.01. The van der Waals surface area contributed by atoms with Gasteiger partial charge in [-0.15, -0.1) is 0 Å². The maximum absolute atomic E-state index is 13.0. The summed E-state index contributed by atoms with van der Waals surface area (Å²) in [6, 6.07) is 19.3. The van der Waals surface area contributed by atoms with Crippen LogP contribution in [0.3, 0.4) is 0 Å². The lowest BCUT2D eigenvalue weighted by Crippen LogP contribution is -2.20. The van der Waals surface area contributed by atoms with Gasteiger partial charge in [0.05, 0.1) is 0 Å². The van der Waals surface area contributed by atoms with Gasteiger partial charge in [-0.2, -0.15) is 0 Å². The van der Waals surface area contributed by atoms with E-state index < -0.39 is 5.82 Å². The molecule has 4 heteroatoms. The zero-order valence-electron chi connectivity index (χ0n) is 11.8. The van der Waals surface area contributed by atoms with Gasteiger partial charge < -0.3 is 10.1 Å². The van der Waals surface area contributed by atoms with Gasteiger partial charge in [0.2, 0.25) is 0 Å². The minimum Gasteiger partial charge on any atom is -0.484 e. The number of hydrogen-bond donors (Lipinski definition) is 1. The number of hydrogen-bond acceptors (Lipinski definition) is 2. The molecule has 3 nitrogen and oxygen atoms in total. The van der Waals surface area contributed by atoms with Crippen molar-refractivity contribution in [3.05, 3.63) is 72.5 Å². The Hall–Kier alpha value is -2.88. The average molecular weight is 295 g/mol. The number of anilines is 1. The predicted molar refractivity (Wildman–Crippen MR) is 84.5 cm³/mol. The maximum atomic E-state index is 13.0. The fourth-order valence-electron chi connectivity index (χ4n) is 2.17. The van der Waals surface area contributed by atoms with Crippen molar-refractivity contribution in [3.63, 3.8) is 0 Å². The second kappa shape index (κ2) is 6.26. The van der Waals surface area contributed by atoms with E-state index >= 15 is 0 Å². The standard InChI is InChI=1S/C18H14FNO2/c19-15-6-3-7-16(11-15)20-18(21)12-22-17-9-8-13-4-1-2-5-14(13)10-17/h1-11H,12H2,(H,20,21). The Bertz CT molecular complexity index is 817. The number of halogens is 1. The summed E-state index contributed by atoms with van der Waals surface area (Å²) in [6.45, 7) is -0.130. The highest BCUT2D eigenvalue weighted by molar-refractivity contribution is 5.92. The number of rotatable bonds is 4. The Labute approximate surface area is 127 Å². The number of benzene rings is 3. The van der Waals surface area contributed by atoms with E-state index in [2.05, 4.69) is 5.32 Å². The van der Waals surface area contributed by atoms with Crippen molar-refractivity contribution in [2.45, 2.75) is 0 Å². The number of ether oxygens (including phenoxy) is 1. The SMILES string of the molecule is O=C(COc1ccc2ccccc2c1)Nc1cccc(F)c1. The zero-order chi connectivity index (χ0) is 15.4. The van der Waals surface area contributed by atoms with Gasteiger partial charge in [0.25, 0.3) is 5.91 Å². The van der Waals surface area contributed by atoms with Crippen LogP contribution in [-0.4, -0.2) is 12.5 Å². The Balaban J connectivity index is 1.62. The van der Waals surface area contributed by atoms with Crippen molar-refractivity contribution in [1.82, 2.24) is 0 Å². The summed E-state index contributed by atoms with van der Waals surface area (Å²) < 4.78 is 18.5. The molecule has 0 aliphatic rings. The quantitative estimate of drug-likeness (QED) is 0.790. The van der Waals surface area contributed by atoms with E-state index in [4.69, 9.17) is 4.74 Å². The molecule has 0 bridgehead atoms. The van der Waals surface area contributed by atoms with Gasteiger partial charge in [-0.1, -0.05) is 36.4 Å². The number of carbonyl (C=O) groups excluding carboxylic acids is 1. The van der Waals surface area contributed by atoms with Gasteiger partial charge in [-0.25, -0.2) is 4.39 Å². The van der Waals surface area contributed by atoms with Crippen molar-refractivity contribution in [2.24, 2.45) is 0 Å². The van der Waals surface area contributed by atoms with E-state index in [1.807, 2.05) is 42.5 Å². The highest BCUT2D eigenvalue weighted by Crippen LogP contribution is 2.20. The van der Waals surface area contributed by atoms with Crippen molar-refractivity contribution >= 4 is 22.4 Å². The summed E-state index contributed by atoms with van der Waals surface area (Å²) in [5.74, 6) is -0.111. The molecule has 0 heterocycles. The van der Waals surface area contributed by atoms with Crippen LogP contribution in [0.1, 0.15) is 0 Å². The Morgan fingerprint density at radius 2 is 1.77 bits per heavy atom. The first kappa shape index (κ1) is 14.1. The van der Waals surface area contributed by atoms with Crippen LogP contribution in [0, 0.1) is 5.82 Å². The Morgan fingerprint density at radius 1 is 0.955 bits per heavy atom. The molecule has 0 atom stereocenters. The number of amides is 1. The zero-order valence-corrected chi connectivity index (χ0v) is 11.8. The highest BCUT2D eigenvalue weighted by atomic mass is 19.1.